The number of fused-ring (bicyclic) bond motifs is 1. The number of nitrogens with two attached hydrogens (primary N) is 2. The van der Waals surface area contributed by atoms with E-state index >= 15 is 0 Å². The van der Waals surface area contributed by atoms with E-state index in [1.165, 1.54) is 0 Å². The number of primary amides is 2. The lowest BCUT2D eigenvalue weighted by atomic mass is 10.1. The smallest absolute Gasteiger partial charge is 0.439 e. The van der Waals surface area contributed by atoms with E-state index in [2.05, 4.69) is 25.9 Å². The van der Waals surface area contributed by atoms with Crippen LogP contribution in [0.25, 0.3) is 17.1 Å². The van der Waals surface area contributed by atoms with Gasteiger partial charge in [-0.15, -0.1) is 0 Å². The number of carbonyl (C=O) groups excluding carboxylic acids is 4. The van der Waals surface area contributed by atoms with Crippen molar-refractivity contribution < 1.29 is 33.4 Å². The average molecular weight is 677 g/mol. The number of rotatable bonds is 15. The second kappa shape index (κ2) is 21.1. The second-order valence-corrected chi connectivity index (χ2v) is 12.5. The summed E-state index contributed by atoms with van der Waals surface area (Å²) in [5.41, 5.74) is 14.4. The summed E-state index contributed by atoms with van der Waals surface area (Å²) in [5, 5.41) is 6.97. The number of carbonyl (C=O) groups is 4. The Morgan fingerprint density at radius 1 is 1.17 bits per heavy atom. The molecule has 0 aliphatic carbocycles. The number of imidazole rings is 1. The number of alkyl carbamates (subject to hydrolysis) is 1. The Labute approximate surface area is 278 Å². The molecule has 2 aromatic rings. The molecule has 2 rings (SSSR count). The van der Waals surface area contributed by atoms with Crippen LogP contribution in [0.15, 0.2) is 39.8 Å². The van der Waals surface area contributed by atoms with Gasteiger partial charge in [0, 0.05) is 31.0 Å². The number of benzene rings is 1. The van der Waals surface area contributed by atoms with Crippen LogP contribution in [0, 0.1) is 0 Å². The second-order valence-electron chi connectivity index (χ2n) is 10.7. The van der Waals surface area contributed by atoms with Gasteiger partial charge in [-0.3, -0.25) is 9.59 Å². The minimum atomic E-state index is -0.603. The minimum Gasteiger partial charge on any atom is -0.491 e. The molecular weight excluding hydrogens is 628 g/mol. The SMILES string of the molecule is CCN/N=C(C)\C=C\c1nc2cc(C(N)=O)cc(OCCCS(C)=NC(=O)OCC)c2n1C/C=C/CNC(=O)OC(C)(C)C.NC=O. The van der Waals surface area contributed by atoms with E-state index in [1.54, 1.807) is 39.8 Å². The van der Waals surface area contributed by atoms with Crippen molar-refractivity contribution >= 4 is 58.0 Å². The highest BCUT2D eigenvalue weighted by Crippen LogP contribution is 2.30. The summed E-state index contributed by atoms with van der Waals surface area (Å²) in [6.45, 7) is 12.9. The lowest BCUT2D eigenvalue weighted by Gasteiger charge is -2.19. The summed E-state index contributed by atoms with van der Waals surface area (Å²) in [4.78, 5) is 49.1. The first-order valence-corrected chi connectivity index (χ1v) is 16.7. The molecule has 1 aromatic carbocycles. The monoisotopic (exact) mass is 676 g/mol. The molecule has 0 fully saturated rings. The zero-order chi connectivity index (χ0) is 35.4. The number of aromatic nitrogens is 2. The van der Waals surface area contributed by atoms with Crippen LogP contribution < -0.4 is 26.9 Å². The number of amides is 4. The first-order chi connectivity index (χ1) is 22.3. The van der Waals surface area contributed by atoms with E-state index < -0.39 is 34.4 Å². The lowest BCUT2D eigenvalue weighted by molar-refractivity contribution is -0.106. The van der Waals surface area contributed by atoms with E-state index in [1.807, 2.05) is 49.0 Å². The van der Waals surface area contributed by atoms with Gasteiger partial charge in [-0.1, -0.05) is 22.8 Å². The molecule has 6 N–H and O–H groups in total. The van der Waals surface area contributed by atoms with Crippen molar-refractivity contribution in [3.8, 4) is 5.75 Å². The molecule has 16 heteroatoms. The number of hydrazone groups is 1. The van der Waals surface area contributed by atoms with Crippen LogP contribution >= 0.6 is 0 Å². The summed E-state index contributed by atoms with van der Waals surface area (Å²) >= 11 is 0. The third kappa shape index (κ3) is 15.9. The number of hydrogen-bond acceptors (Lipinski definition) is 10. The van der Waals surface area contributed by atoms with E-state index in [0.29, 0.717) is 54.5 Å². The van der Waals surface area contributed by atoms with Crippen molar-refractivity contribution in [1.82, 2.24) is 20.3 Å². The molecule has 1 atom stereocenters. The average Bonchev–Trinajstić information content (AvgIpc) is 3.33. The van der Waals surface area contributed by atoms with Gasteiger partial charge in [-0.05, 0) is 78.5 Å². The highest BCUT2D eigenvalue weighted by molar-refractivity contribution is 7.86. The third-order valence-corrected chi connectivity index (χ3v) is 6.91. The molecule has 0 radical (unpaired) electrons. The van der Waals surface area contributed by atoms with Gasteiger partial charge in [0.15, 0.2) is 0 Å². The Bertz CT molecular complexity index is 1480. The van der Waals surface area contributed by atoms with Gasteiger partial charge in [0.2, 0.25) is 12.3 Å². The molecule has 47 heavy (non-hydrogen) atoms. The predicted octanol–water partition coefficient (Wildman–Crippen LogP) is 3.67. The van der Waals surface area contributed by atoms with Crippen molar-refractivity contribution in [3.63, 3.8) is 0 Å². The molecule has 1 unspecified atom stereocenters. The van der Waals surface area contributed by atoms with E-state index in [-0.39, 0.29) is 25.1 Å². The zero-order valence-electron chi connectivity index (χ0n) is 28.2. The van der Waals surface area contributed by atoms with Crippen molar-refractivity contribution in [3.05, 3.63) is 41.7 Å². The fraction of sp³-hybridized carbons (Fsp3) is 0.484. The molecule has 1 heterocycles. The van der Waals surface area contributed by atoms with Crippen LogP contribution in [0.5, 0.6) is 5.75 Å². The largest absolute Gasteiger partial charge is 0.491 e. The summed E-state index contributed by atoms with van der Waals surface area (Å²) in [6.07, 6.45) is 9.02. The normalized spacial score (nSPS) is 12.4. The third-order valence-electron chi connectivity index (χ3n) is 5.57. The lowest BCUT2D eigenvalue weighted by Crippen LogP contribution is -2.32. The van der Waals surface area contributed by atoms with Crippen LogP contribution in [-0.4, -0.2) is 83.7 Å². The maximum atomic E-state index is 12.1. The van der Waals surface area contributed by atoms with Gasteiger partial charge in [-0.2, -0.15) is 9.46 Å². The van der Waals surface area contributed by atoms with Gasteiger partial charge in [-0.25, -0.2) is 14.6 Å². The Balaban J connectivity index is 0.00000354. The predicted molar refractivity (Wildman–Crippen MR) is 185 cm³/mol. The standard InChI is InChI=1S/C30H45N7O6S.CH3NO/c1-8-33-35-21(3)13-14-25-34-23-19-22(27(31)38)20-24(42-17-12-18-44(7)36-29(40)41-9-2)26(23)37(25)16-11-10-15-32-28(39)43-30(4,5)6;2-1-3/h10-11,13-14,19-20,33H,8-9,12,15-18H2,1-7H3,(H2,31,38)(H,32,39);1H,(H2,2,3)/b11-10+,14-13+,35-21-;. The number of hydrogen-bond donors (Lipinski definition) is 4. The number of nitrogens with zero attached hydrogens (tertiary/aromatic N) is 4. The molecule has 0 aliphatic rings. The van der Waals surface area contributed by atoms with Gasteiger partial charge in [0.05, 0.1) is 24.4 Å². The maximum Gasteiger partial charge on any atom is 0.439 e. The highest BCUT2D eigenvalue weighted by Gasteiger charge is 2.18. The van der Waals surface area contributed by atoms with Gasteiger partial charge >= 0.3 is 12.2 Å². The first kappa shape index (κ1) is 40.3. The topological polar surface area (TPSA) is 215 Å². The first-order valence-electron chi connectivity index (χ1n) is 15.0. The van der Waals surface area contributed by atoms with E-state index in [4.69, 9.17) is 29.7 Å². The molecule has 4 amide bonds. The van der Waals surface area contributed by atoms with Crippen LogP contribution in [0.4, 0.5) is 9.59 Å². The molecule has 0 spiro atoms. The molecular formula is C31H48N8O7S. The maximum absolute atomic E-state index is 12.1. The van der Waals surface area contributed by atoms with Gasteiger partial charge in [0.25, 0.3) is 0 Å². The number of nitrogens with one attached hydrogen (secondary N) is 2. The van der Waals surface area contributed by atoms with Crippen LogP contribution in [0.1, 0.15) is 64.1 Å². The van der Waals surface area contributed by atoms with Crippen molar-refractivity contribution in [2.45, 2.75) is 60.1 Å². The van der Waals surface area contributed by atoms with Crippen LogP contribution in [-0.2, 0) is 31.5 Å². The summed E-state index contributed by atoms with van der Waals surface area (Å²) < 4.78 is 22.3. The molecule has 1 aromatic heterocycles. The van der Waals surface area contributed by atoms with Crippen LogP contribution in [0.3, 0.4) is 0 Å². The van der Waals surface area contributed by atoms with Crippen molar-refractivity contribution in [2.75, 3.05) is 38.3 Å². The van der Waals surface area contributed by atoms with Crippen molar-refractivity contribution in [2.24, 2.45) is 20.9 Å². The Kier molecular flexibility index (Phi) is 18.1. The van der Waals surface area contributed by atoms with Gasteiger partial charge in [0.1, 0.15) is 22.7 Å². The molecule has 15 nitrogen and oxygen atoms in total. The summed E-state index contributed by atoms with van der Waals surface area (Å²) in [6, 6.07) is 3.24. The molecule has 260 valence electrons. The van der Waals surface area contributed by atoms with Crippen LogP contribution in [0.2, 0.25) is 0 Å². The molecule has 0 bridgehead atoms. The highest BCUT2D eigenvalue weighted by atomic mass is 32.2. The van der Waals surface area contributed by atoms with E-state index in [9.17, 15) is 14.4 Å². The van der Waals surface area contributed by atoms with E-state index in [0.717, 1.165) is 5.71 Å². The zero-order valence-corrected chi connectivity index (χ0v) is 29.0. The Morgan fingerprint density at radius 2 is 1.87 bits per heavy atom. The van der Waals surface area contributed by atoms with Gasteiger partial charge < -0.3 is 41.0 Å². The Hall–Kier alpha value is -4.73. The number of ether oxygens (including phenoxy) is 3. The number of allylic oxidation sites excluding steroid dienone is 2. The fourth-order valence-corrected chi connectivity index (χ4v) is 4.67. The van der Waals surface area contributed by atoms with Crippen molar-refractivity contribution in [1.29, 1.82) is 0 Å². The molecule has 0 saturated carbocycles. The molecule has 0 aliphatic heterocycles. The molecule has 0 saturated heterocycles. The Morgan fingerprint density at radius 3 is 2.49 bits per heavy atom. The summed E-state index contributed by atoms with van der Waals surface area (Å²) in [7, 11) is -0.519. The summed E-state index contributed by atoms with van der Waals surface area (Å²) in [5.74, 6) is 1.07. The quantitative estimate of drug-likeness (QED) is 0.0711. The minimum absolute atomic E-state index is 0.250. The fourth-order valence-electron chi connectivity index (χ4n) is 3.74.